The maximum Gasteiger partial charge on any atom is 0.150 e. The Bertz CT molecular complexity index is 411. The van der Waals surface area contributed by atoms with Gasteiger partial charge in [0.25, 0.3) is 0 Å². The third kappa shape index (κ3) is 2.06. The lowest BCUT2D eigenvalue weighted by molar-refractivity contribution is 0.294. The normalized spacial score (nSPS) is 23.8. The number of aromatic nitrogens is 2. The monoisotopic (exact) mass is 246 g/mol. The smallest absolute Gasteiger partial charge is 0.150 e. The van der Waals surface area contributed by atoms with Crippen LogP contribution in [0.1, 0.15) is 12.8 Å². The van der Waals surface area contributed by atoms with E-state index in [1.165, 1.54) is 0 Å². The minimum Gasteiger partial charge on any atom is -0.330 e. The van der Waals surface area contributed by atoms with Crippen LogP contribution in [0.5, 0.6) is 0 Å². The quantitative estimate of drug-likeness (QED) is 0.782. The highest BCUT2D eigenvalue weighted by molar-refractivity contribution is 7.91. The Morgan fingerprint density at radius 2 is 2.07 bits per heavy atom. The van der Waals surface area contributed by atoms with E-state index in [0.717, 1.165) is 0 Å². The standard InChI is InChI=1S/C9H14N2O2S2/c12-15(13)5-1-9(7-14,2-6-15)11-4-3-10-8-11/h3-4,8,14H,1-2,5-7H2. The molecule has 0 amide bonds. The molecule has 2 rings (SSSR count). The first-order valence-electron chi connectivity index (χ1n) is 4.88. The lowest BCUT2D eigenvalue weighted by Crippen LogP contribution is -2.43. The first-order chi connectivity index (χ1) is 7.08. The molecular weight excluding hydrogens is 232 g/mol. The fourth-order valence-corrected chi connectivity index (χ4v) is 4.02. The minimum absolute atomic E-state index is 0.162. The van der Waals surface area contributed by atoms with E-state index < -0.39 is 9.84 Å². The molecule has 2 heterocycles. The van der Waals surface area contributed by atoms with Crippen molar-refractivity contribution in [2.45, 2.75) is 18.4 Å². The molecule has 1 fully saturated rings. The van der Waals surface area contributed by atoms with E-state index >= 15 is 0 Å². The van der Waals surface area contributed by atoms with Gasteiger partial charge in [-0.05, 0) is 12.8 Å². The fraction of sp³-hybridized carbons (Fsp3) is 0.667. The van der Waals surface area contributed by atoms with Crippen LogP contribution in [0.15, 0.2) is 18.7 Å². The van der Waals surface area contributed by atoms with Crippen molar-refractivity contribution in [3.05, 3.63) is 18.7 Å². The topological polar surface area (TPSA) is 52.0 Å². The first kappa shape index (κ1) is 11.0. The van der Waals surface area contributed by atoms with Crippen LogP contribution < -0.4 is 0 Å². The van der Waals surface area contributed by atoms with Crippen molar-refractivity contribution < 1.29 is 8.42 Å². The molecule has 0 aromatic carbocycles. The Morgan fingerprint density at radius 3 is 2.53 bits per heavy atom. The van der Waals surface area contributed by atoms with E-state index in [9.17, 15) is 8.42 Å². The van der Waals surface area contributed by atoms with Crippen LogP contribution >= 0.6 is 12.6 Å². The molecule has 1 saturated heterocycles. The Labute approximate surface area is 95.0 Å². The van der Waals surface area contributed by atoms with E-state index in [1.54, 1.807) is 12.5 Å². The molecule has 0 saturated carbocycles. The molecule has 4 nitrogen and oxygen atoms in total. The van der Waals surface area contributed by atoms with Crippen molar-refractivity contribution in [1.82, 2.24) is 9.55 Å². The number of imidazole rings is 1. The summed E-state index contributed by atoms with van der Waals surface area (Å²) in [4.78, 5) is 4.01. The zero-order valence-electron chi connectivity index (χ0n) is 8.33. The molecule has 0 aliphatic carbocycles. The van der Waals surface area contributed by atoms with Gasteiger partial charge in [0.2, 0.25) is 0 Å². The van der Waals surface area contributed by atoms with Crippen molar-refractivity contribution in [2.24, 2.45) is 0 Å². The summed E-state index contributed by atoms with van der Waals surface area (Å²) in [6, 6.07) is 0. The molecule has 15 heavy (non-hydrogen) atoms. The molecule has 0 unspecified atom stereocenters. The summed E-state index contributed by atoms with van der Waals surface area (Å²) < 4.78 is 24.7. The van der Waals surface area contributed by atoms with Gasteiger partial charge < -0.3 is 4.57 Å². The molecule has 6 heteroatoms. The predicted molar refractivity (Wildman–Crippen MR) is 61.9 cm³/mol. The molecule has 1 aliphatic rings. The van der Waals surface area contributed by atoms with Gasteiger partial charge in [-0.2, -0.15) is 12.6 Å². The number of sulfone groups is 1. The van der Waals surface area contributed by atoms with Crippen LogP contribution in [0, 0.1) is 0 Å². The SMILES string of the molecule is O=S1(=O)CCC(CS)(n2ccnc2)CC1. The van der Waals surface area contributed by atoms with E-state index in [2.05, 4.69) is 17.6 Å². The summed E-state index contributed by atoms with van der Waals surface area (Å²) in [5, 5.41) is 0. The predicted octanol–water partition coefficient (Wildman–Crippen LogP) is 0.717. The first-order valence-corrected chi connectivity index (χ1v) is 7.33. The average molecular weight is 246 g/mol. The van der Waals surface area contributed by atoms with Crippen LogP contribution in [-0.2, 0) is 15.4 Å². The Kier molecular flexibility index (Phi) is 2.81. The van der Waals surface area contributed by atoms with Gasteiger partial charge in [0, 0.05) is 18.1 Å². The molecule has 0 atom stereocenters. The number of hydrogen-bond acceptors (Lipinski definition) is 4. The van der Waals surface area contributed by atoms with Crippen molar-refractivity contribution in [3.8, 4) is 0 Å². The Balaban J connectivity index is 2.26. The van der Waals surface area contributed by atoms with Gasteiger partial charge >= 0.3 is 0 Å². The van der Waals surface area contributed by atoms with Crippen molar-refractivity contribution in [1.29, 1.82) is 0 Å². The number of hydrogen-bond donors (Lipinski definition) is 1. The van der Waals surface area contributed by atoms with E-state index in [1.807, 2.05) is 10.8 Å². The lowest BCUT2D eigenvalue weighted by atomic mass is 9.94. The summed E-state index contributed by atoms with van der Waals surface area (Å²) in [5.74, 6) is 1.16. The molecule has 1 aromatic rings. The van der Waals surface area contributed by atoms with Gasteiger partial charge in [0.05, 0.1) is 23.4 Å². The van der Waals surface area contributed by atoms with Crippen LogP contribution in [0.25, 0.3) is 0 Å². The van der Waals surface area contributed by atoms with Crippen LogP contribution in [0.4, 0.5) is 0 Å². The van der Waals surface area contributed by atoms with Crippen molar-refractivity contribution >= 4 is 22.5 Å². The third-order valence-electron chi connectivity index (χ3n) is 3.10. The van der Waals surface area contributed by atoms with Gasteiger partial charge in [-0.15, -0.1) is 0 Å². The summed E-state index contributed by atoms with van der Waals surface area (Å²) in [7, 11) is -2.82. The second-order valence-corrected chi connectivity index (χ2v) is 6.62. The Hall–Kier alpha value is -0.490. The molecular formula is C9H14N2O2S2. The summed E-state index contributed by atoms with van der Waals surface area (Å²) in [6.45, 7) is 0. The van der Waals surface area contributed by atoms with E-state index in [0.29, 0.717) is 18.6 Å². The molecule has 1 aromatic heterocycles. The van der Waals surface area contributed by atoms with Gasteiger partial charge in [-0.3, -0.25) is 0 Å². The highest BCUT2D eigenvalue weighted by atomic mass is 32.2. The summed E-state index contributed by atoms with van der Waals surface area (Å²) in [6.07, 6.45) is 6.61. The van der Waals surface area contributed by atoms with Crippen molar-refractivity contribution in [2.75, 3.05) is 17.3 Å². The van der Waals surface area contributed by atoms with Crippen LogP contribution in [0.2, 0.25) is 0 Å². The van der Waals surface area contributed by atoms with E-state index in [-0.39, 0.29) is 17.0 Å². The molecule has 0 spiro atoms. The second kappa shape index (κ2) is 3.83. The molecule has 0 N–H and O–H groups in total. The molecule has 0 bridgehead atoms. The zero-order chi connectivity index (χ0) is 10.9. The second-order valence-electron chi connectivity index (χ2n) is 4.00. The van der Waals surface area contributed by atoms with Crippen LogP contribution in [-0.4, -0.2) is 35.2 Å². The number of thiol groups is 1. The fourth-order valence-electron chi connectivity index (χ4n) is 1.96. The summed E-state index contributed by atoms with van der Waals surface area (Å²) >= 11 is 4.35. The number of rotatable bonds is 2. The maximum absolute atomic E-state index is 11.4. The molecule has 1 aliphatic heterocycles. The minimum atomic E-state index is -2.82. The number of nitrogens with zero attached hydrogens (tertiary/aromatic N) is 2. The van der Waals surface area contributed by atoms with Gasteiger partial charge in [-0.25, -0.2) is 13.4 Å². The average Bonchev–Trinajstić information content (AvgIpc) is 2.72. The lowest BCUT2D eigenvalue weighted by Gasteiger charge is -2.37. The van der Waals surface area contributed by atoms with Gasteiger partial charge in [-0.1, -0.05) is 0 Å². The summed E-state index contributed by atoms with van der Waals surface area (Å²) in [5.41, 5.74) is -0.162. The third-order valence-corrected chi connectivity index (χ3v) is 5.34. The van der Waals surface area contributed by atoms with Gasteiger partial charge in [0.15, 0.2) is 9.84 Å². The zero-order valence-corrected chi connectivity index (χ0v) is 10.0. The maximum atomic E-state index is 11.4. The van der Waals surface area contributed by atoms with Crippen LogP contribution in [0.3, 0.4) is 0 Å². The van der Waals surface area contributed by atoms with E-state index in [4.69, 9.17) is 0 Å². The Morgan fingerprint density at radius 1 is 1.40 bits per heavy atom. The largest absolute Gasteiger partial charge is 0.330 e. The van der Waals surface area contributed by atoms with Crippen molar-refractivity contribution in [3.63, 3.8) is 0 Å². The van der Waals surface area contributed by atoms with Gasteiger partial charge in [0.1, 0.15) is 0 Å². The molecule has 84 valence electrons. The molecule has 0 radical (unpaired) electrons. The highest BCUT2D eigenvalue weighted by Gasteiger charge is 2.37. The highest BCUT2D eigenvalue weighted by Crippen LogP contribution is 2.32.